The van der Waals surface area contributed by atoms with E-state index in [1.54, 1.807) is 6.07 Å². The van der Waals surface area contributed by atoms with Gasteiger partial charge in [-0.15, -0.1) is 0 Å². The van der Waals surface area contributed by atoms with Gasteiger partial charge in [0.25, 0.3) is 0 Å². The summed E-state index contributed by atoms with van der Waals surface area (Å²) in [5.74, 6) is 6.73. The summed E-state index contributed by atoms with van der Waals surface area (Å²) in [4.78, 5) is 0. The van der Waals surface area contributed by atoms with Gasteiger partial charge in [0, 0.05) is 11.6 Å². The number of nitrogens with two attached hydrogens (primary N) is 1. The zero-order valence-electron chi connectivity index (χ0n) is 10.2. The predicted octanol–water partition coefficient (Wildman–Crippen LogP) is 3.00. The lowest BCUT2D eigenvalue weighted by Crippen LogP contribution is -2.31. The van der Waals surface area contributed by atoms with Crippen molar-refractivity contribution in [1.29, 1.82) is 0 Å². The molecule has 1 unspecified atom stereocenters. The molecule has 5 heteroatoms. The summed E-state index contributed by atoms with van der Waals surface area (Å²) in [5, 5.41) is 0. The van der Waals surface area contributed by atoms with Gasteiger partial charge in [0.15, 0.2) is 11.6 Å². The molecule has 2 rings (SSSR count). The van der Waals surface area contributed by atoms with E-state index < -0.39 is 11.6 Å². The van der Waals surface area contributed by atoms with Crippen LogP contribution < -0.4 is 11.3 Å². The van der Waals surface area contributed by atoms with Crippen molar-refractivity contribution in [3.8, 4) is 0 Å². The monoisotopic (exact) mass is 272 g/mol. The second-order valence-corrected chi connectivity index (χ2v) is 5.88. The molecule has 0 aromatic heterocycles. The maximum Gasteiger partial charge on any atom is 0.163 e. The fourth-order valence-electron chi connectivity index (χ4n) is 2.39. The predicted molar refractivity (Wildman–Crippen MR) is 71.1 cm³/mol. The Balaban J connectivity index is 2.09. The van der Waals surface area contributed by atoms with Crippen LogP contribution in [0.5, 0.6) is 0 Å². The van der Waals surface area contributed by atoms with Crippen molar-refractivity contribution in [2.45, 2.75) is 25.3 Å². The van der Waals surface area contributed by atoms with Gasteiger partial charge < -0.3 is 0 Å². The first kappa shape index (κ1) is 13.8. The zero-order chi connectivity index (χ0) is 13.0. The minimum Gasteiger partial charge on any atom is -0.271 e. The van der Waals surface area contributed by atoms with Crippen molar-refractivity contribution in [2.75, 3.05) is 11.5 Å². The molecule has 1 fully saturated rings. The van der Waals surface area contributed by atoms with E-state index in [0.717, 1.165) is 36.8 Å². The van der Waals surface area contributed by atoms with Gasteiger partial charge in [-0.1, -0.05) is 12.1 Å². The van der Waals surface area contributed by atoms with Gasteiger partial charge in [-0.3, -0.25) is 11.3 Å². The minimum atomic E-state index is -0.813. The van der Waals surface area contributed by atoms with Crippen LogP contribution in [0.15, 0.2) is 18.2 Å². The maximum absolute atomic E-state index is 13.7. The number of hydrogen-bond acceptors (Lipinski definition) is 3. The Labute approximate surface area is 110 Å². The SMILES string of the molecule is NNC(CC1CCSCC1)c1cccc(F)c1F. The molecule has 2 nitrogen and oxygen atoms in total. The molecule has 1 aromatic carbocycles. The summed E-state index contributed by atoms with van der Waals surface area (Å²) in [5.41, 5.74) is 2.95. The molecule has 0 saturated carbocycles. The summed E-state index contributed by atoms with van der Waals surface area (Å²) in [6.45, 7) is 0. The lowest BCUT2D eigenvalue weighted by atomic mass is 9.91. The Hall–Kier alpha value is -0.650. The van der Waals surface area contributed by atoms with E-state index in [0.29, 0.717) is 11.5 Å². The van der Waals surface area contributed by atoms with Crippen LogP contribution >= 0.6 is 11.8 Å². The summed E-state index contributed by atoms with van der Waals surface area (Å²) >= 11 is 1.95. The van der Waals surface area contributed by atoms with Crippen LogP contribution in [0.2, 0.25) is 0 Å². The molecule has 0 bridgehead atoms. The first-order valence-electron chi connectivity index (χ1n) is 6.20. The molecule has 0 amide bonds. The Morgan fingerprint density at radius 1 is 1.33 bits per heavy atom. The molecule has 1 aromatic rings. The van der Waals surface area contributed by atoms with Crippen molar-refractivity contribution in [3.63, 3.8) is 0 Å². The van der Waals surface area contributed by atoms with Crippen molar-refractivity contribution >= 4 is 11.8 Å². The number of rotatable bonds is 4. The van der Waals surface area contributed by atoms with Gasteiger partial charge in [0.1, 0.15) is 0 Å². The molecule has 1 saturated heterocycles. The standard InChI is InChI=1S/C13H18F2N2S/c14-11-3-1-2-10(13(11)15)12(17-16)8-9-4-6-18-7-5-9/h1-3,9,12,17H,4-8,16H2. The van der Waals surface area contributed by atoms with Crippen molar-refractivity contribution < 1.29 is 8.78 Å². The second kappa shape index (κ2) is 6.50. The third kappa shape index (κ3) is 3.22. The lowest BCUT2D eigenvalue weighted by Gasteiger charge is -2.26. The van der Waals surface area contributed by atoms with E-state index in [1.807, 2.05) is 11.8 Å². The highest BCUT2D eigenvalue weighted by Gasteiger charge is 2.22. The molecule has 100 valence electrons. The summed E-state index contributed by atoms with van der Waals surface area (Å²) in [7, 11) is 0. The molecule has 1 aliphatic rings. The van der Waals surface area contributed by atoms with Gasteiger partial charge in [-0.2, -0.15) is 11.8 Å². The van der Waals surface area contributed by atoms with Crippen LogP contribution in [0.4, 0.5) is 8.78 Å². The van der Waals surface area contributed by atoms with Crippen LogP contribution in [0.25, 0.3) is 0 Å². The molecule has 18 heavy (non-hydrogen) atoms. The lowest BCUT2D eigenvalue weighted by molar-refractivity contribution is 0.362. The molecule has 1 heterocycles. The van der Waals surface area contributed by atoms with E-state index in [4.69, 9.17) is 5.84 Å². The first-order valence-corrected chi connectivity index (χ1v) is 7.35. The number of hydrogen-bond donors (Lipinski definition) is 2. The molecule has 1 aliphatic heterocycles. The summed E-state index contributed by atoms with van der Waals surface area (Å²) in [6, 6.07) is 3.94. The van der Waals surface area contributed by atoms with Gasteiger partial charge in [-0.05, 0) is 42.8 Å². The van der Waals surface area contributed by atoms with E-state index in [9.17, 15) is 8.78 Å². The Kier molecular flexibility index (Phi) is 4.97. The largest absolute Gasteiger partial charge is 0.271 e. The van der Waals surface area contributed by atoms with Crippen LogP contribution in [0.3, 0.4) is 0 Å². The fraction of sp³-hybridized carbons (Fsp3) is 0.538. The normalized spacial score (nSPS) is 18.8. The van der Waals surface area contributed by atoms with E-state index in [-0.39, 0.29) is 6.04 Å². The van der Waals surface area contributed by atoms with Crippen LogP contribution in [-0.4, -0.2) is 11.5 Å². The molecular formula is C13H18F2N2S. The smallest absolute Gasteiger partial charge is 0.163 e. The molecule has 3 N–H and O–H groups in total. The highest BCUT2D eigenvalue weighted by Crippen LogP contribution is 2.31. The Morgan fingerprint density at radius 2 is 2.06 bits per heavy atom. The highest BCUT2D eigenvalue weighted by atomic mass is 32.2. The Morgan fingerprint density at radius 3 is 2.72 bits per heavy atom. The molecule has 0 radical (unpaired) electrons. The van der Waals surface area contributed by atoms with Crippen LogP contribution in [0, 0.1) is 17.6 Å². The van der Waals surface area contributed by atoms with Gasteiger partial charge >= 0.3 is 0 Å². The van der Waals surface area contributed by atoms with Crippen molar-refractivity contribution in [3.05, 3.63) is 35.4 Å². The summed E-state index contributed by atoms with van der Waals surface area (Å²) in [6.07, 6.45) is 3.01. The highest BCUT2D eigenvalue weighted by molar-refractivity contribution is 7.99. The molecule has 0 aliphatic carbocycles. The first-order chi connectivity index (χ1) is 8.72. The number of nitrogens with one attached hydrogen (secondary N) is 1. The fourth-order valence-corrected chi connectivity index (χ4v) is 3.59. The van der Waals surface area contributed by atoms with Crippen LogP contribution in [0.1, 0.15) is 30.9 Å². The van der Waals surface area contributed by atoms with E-state index in [2.05, 4.69) is 5.43 Å². The third-order valence-corrected chi connectivity index (χ3v) is 4.52. The number of hydrazine groups is 1. The van der Waals surface area contributed by atoms with Crippen molar-refractivity contribution in [2.24, 2.45) is 11.8 Å². The minimum absolute atomic E-state index is 0.311. The number of benzene rings is 1. The summed E-state index contributed by atoms with van der Waals surface area (Å²) < 4.78 is 26.9. The van der Waals surface area contributed by atoms with Gasteiger partial charge in [0.05, 0.1) is 0 Å². The quantitative estimate of drug-likeness (QED) is 0.653. The number of halogens is 2. The average Bonchev–Trinajstić information content (AvgIpc) is 2.41. The maximum atomic E-state index is 13.7. The third-order valence-electron chi connectivity index (χ3n) is 3.47. The van der Waals surface area contributed by atoms with E-state index in [1.165, 1.54) is 6.07 Å². The molecule has 1 atom stereocenters. The van der Waals surface area contributed by atoms with Gasteiger partial charge in [0.2, 0.25) is 0 Å². The average molecular weight is 272 g/mol. The second-order valence-electron chi connectivity index (χ2n) is 4.65. The van der Waals surface area contributed by atoms with Gasteiger partial charge in [-0.25, -0.2) is 8.78 Å². The zero-order valence-corrected chi connectivity index (χ0v) is 11.0. The van der Waals surface area contributed by atoms with Crippen molar-refractivity contribution in [1.82, 2.24) is 5.43 Å². The number of thioether (sulfide) groups is 1. The molecular weight excluding hydrogens is 254 g/mol. The van der Waals surface area contributed by atoms with Crippen LogP contribution in [-0.2, 0) is 0 Å². The molecule has 0 spiro atoms. The topological polar surface area (TPSA) is 38.0 Å². The Bertz CT molecular complexity index is 395. The van der Waals surface area contributed by atoms with E-state index >= 15 is 0 Å².